The van der Waals surface area contributed by atoms with Crippen molar-refractivity contribution in [2.45, 2.75) is 18.1 Å². The molecule has 0 saturated heterocycles. The Morgan fingerprint density at radius 1 is 1.22 bits per heavy atom. The zero-order valence-electron chi connectivity index (χ0n) is 12.6. The molecule has 0 saturated carbocycles. The van der Waals surface area contributed by atoms with E-state index in [0.717, 1.165) is 0 Å². The van der Waals surface area contributed by atoms with E-state index in [2.05, 4.69) is 0 Å². The Balaban J connectivity index is 1.89. The topological polar surface area (TPSA) is 99.4 Å². The average molecular weight is 318 g/mol. The smallest absolute Gasteiger partial charge is 0.160 e. The van der Waals surface area contributed by atoms with Gasteiger partial charge in [0, 0.05) is 18.1 Å². The third kappa shape index (κ3) is 2.78. The number of methoxy groups -OCH3 is 1. The standard InChI is InChI=1S/C17H18O6/c1-22-15-6-10(2-5-13(15)19)8-17(21)9-23-14-7-11(18)3-4-12(14)16(17)20/h2-7,16,18-21H,8-9H2,1H3/t16-,17-/m0/s1. The van der Waals surface area contributed by atoms with Crippen LogP contribution in [-0.4, -0.2) is 39.7 Å². The predicted molar refractivity (Wildman–Crippen MR) is 81.9 cm³/mol. The van der Waals surface area contributed by atoms with Crippen LogP contribution in [0.25, 0.3) is 0 Å². The second-order valence-electron chi connectivity index (χ2n) is 5.70. The van der Waals surface area contributed by atoms with Crippen LogP contribution in [0.15, 0.2) is 36.4 Å². The van der Waals surface area contributed by atoms with Crippen molar-refractivity contribution in [2.24, 2.45) is 0 Å². The average Bonchev–Trinajstić information content (AvgIpc) is 2.53. The summed E-state index contributed by atoms with van der Waals surface area (Å²) < 4.78 is 10.5. The van der Waals surface area contributed by atoms with E-state index in [1.807, 2.05) is 0 Å². The highest BCUT2D eigenvalue weighted by atomic mass is 16.5. The lowest BCUT2D eigenvalue weighted by atomic mass is 9.84. The second-order valence-corrected chi connectivity index (χ2v) is 5.70. The van der Waals surface area contributed by atoms with Gasteiger partial charge in [0.05, 0.1) is 7.11 Å². The van der Waals surface area contributed by atoms with Crippen molar-refractivity contribution in [1.82, 2.24) is 0 Å². The molecule has 0 fully saturated rings. The van der Waals surface area contributed by atoms with E-state index >= 15 is 0 Å². The van der Waals surface area contributed by atoms with E-state index in [4.69, 9.17) is 9.47 Å². The summed E-state index contributed by atoms with van der Waals surface area (Å²) in [6, 6.07) is 9.08. The normalized spacial score (nSPS) is 23.0. The lowest BCUT2D eigenvalue weighted by Crippen LogP contribution is -2.47. The molecule has 23 heavy (non-hydrogen) atoms. The molecular weight excluding hydrogens is 300 g/mol. The predicted octanol–water partition coefficient (Wildman–Crippen LogP) is 1.51. The SMILES string of the molecule is COc1cc(C[C@]2(O)COc3cc(O)ccc3[C@@H]2O)ccc1O. The summed E-state index contributed by atoms with van der Waals surface area (Å²) in [4.78, 5) is 0. The van der Waals surface area contributed by atoms with Crippen molar-refractivity contribution in [3.63, 3.8) is 0 Å². The Hall–Kier alpha value is -2.44. The molecule has 0 bridgehead atoms. The minimum absolute atomic E-state index is 0.00417. The summed E-state index contributed by atoms with van der Waals surface area (Å²) in [6.45, 7) is -0.117. The largest absolute Gasteiger partial charge is 0.508 e. The van der Waals surface area contributed by atoms with Crippen LogP contribution in [-0.2, 0) is 6.42 Å². The Morgan fingerprint density at radius 3 is 2.74 bits per heavy atom. The highest BCUT2D eigenvalue weighted by molar-refractivity contribution is 5.45. The second kappa shape index (κ2) is 5.64. The maximum absolute atomic E-state index is 10.8. The van der Waals surface area contributed by atoms with Gasteiger partial charge in [-0.3, -0.25) is 0 Å². The zero-order chi connectivity index (χ0) is 16.6. The number of fused-ring (bicyclic) bond motifs is 1. The molecule has 1 heterocycles. The molecule has 2 aromatic rings. The maximum atomic E-state index is 10.8. The van der Waals surface area contributed by atoms with Crippen LogP contribution < -0.4 is 9.47 Å². The molecule has 2 aromatic carbocycles. The third-order valence-corrected chi connectivity index (χ3v) is 4.03. The van der Waals surface area contributed by atoms with E-state index in [0.29, 0.717) is 22.6 Å². The first-order valence-corrected chi connectivity index (χ1v) is 7.15. The van der Waals surface area contributed by atoms with E-state index in [-0.39, 0.29) is 24.5 Å². The molecule has 6 heteroatoms. The first kappa shape index (κ1) is 15.5. The quantitative estimate of drug-likeness (QED) is 0.684. The molecule has 4 N–H and O–H groups in total. The summed E-state index contributed by atoms with van der Waals surface area (Å²) >= 11 is 0. The fourth-order valence-electron chi connectivity index (χ4n) is 2.78. The molecule has 1 aliphatic rings. The Morgan fingerprint density at radius 2 is 2.00 bits per heavy atom. The maximum Gasteiger partial charge on any atom is 0.160 e. The van der Waals surface area contributed by atoms with Gasteiger partial charge in [0.2, 0.25) is 0 Å². The van der Waals surface area contributed by atoms with E-state index in [1.165, 1.54) is 31.4 Å². The molecular formula is C17H18O6. The van der Waals surface area contributed by atoms with Crippen LogP contribution in [0.4, 0.5) is 0 Å². The highest BCUT2D eigenvalue weighted by Crippen LogP contribution is 2.41. The van der Waals surface area contributed by atoms with Gasteiger partial charge in [-0.2, -0.15) is 0 Å². The molecule has 0 amide bonds. The number of phenolic OH excluding ortho intramolecular Hbond substituents is 2. The summed E-state index contributed by atoms with van der Waals surface area (Å²) in [5, 5.41) is 40.4. The van der Waals surface area contributed by atoms with Gasteiger partial charge in [-0.25, -0.2) is 0 Å². The number of hydrogen-bond acceptors (Lipinski definition) is 6. The van der Waals surface area contributed by atoms with Crippen LogP contribution >= 0.6 is 0 Å². The molecule has 0 spiro atoms. The molecule has 0 unspecified atom stereocenters. The minimum Gasteiger partial charge on any atom is -0.508 e. The van der Waals surface area contributed by atoms with Gasteiger partial charge in [-0.1, -0.05) is 6.07 Å². The van der Waals surface area contributed by atoms with Crippen molar-refractivity contribution in [1.29, 1.82) is 0 Å². The van der Waals surface area contributed by atoms with Crippen LogP contribution in [0.5, 0.6) is 23.0 Å². The van der Waals surface area contributed by atoms with Crippen LogP contribution in [0.3, 0.4) is 0 Å². The molecule has 0 aliphatic carbocycles. The van der Waals surface area contributed by atoms with Crippen molar-refractivity contribution < 1.29 is 29.9 Å². The molecule has 0 aromatic heterocycles. The van der Waals surface area contributed by atoms with E-state index in [1.54, 1.807) is 12.1 Å². The Labute approximate surface area is 133 Å². The Kier molecular flexibility index (Phi) is 3.79. The van der Waals surface area contributed by atoms with Crippen molar-refractivity contribution in [2.75, 3.05) is 13.7 Å². The van der Waals surface area contributed by atoms with Gasteiger partial charge < -0.3 is 29.9 Å². The highest BCUT2D eigenvalue weighted by Gasteiger charge is 2.42. The molecule has 2 atom stereocenters. The molecule has 3 rings (SSSR count). The van der Waals surface area contributed by atoms with E-state index < -0.39 is 11.7 Å². The number of aromatic hydroxyl groups is 2. The Bertz CT molecular complexity index is 729. The number of benzene rings is 2. The molecule has 6 nitrogen and oxygen atoms in total. The van der Waals surface area contributed by atoms with Crippen LogP contribution in [0.2, 0.25) is 0 Å². The van der Waals surface area contributed by atoms with Crippen molar-refractivity contribution in [3.8, 4) is 23.0 Å². The first-order valence-electron chi connectivity index (χ1n) is 7.15. The summed E-state index contributed by atoms with van der Waals surface area (Å²) in [6.07, 6.45) is -1.04. The number of ether oxygens (including phenoxy) is 2. The molecule has 122 valence electrons. The van der Waals surface area contributed by atoms with Gasteiger partial charge in [0.15, 0.2) is 11.5 Å². The number of hydrogen-bond donors (Lipinski definition) is 4. The van der Waals surface area contributed by atoms with E-state index in [9.17, 15) is 20.4 Å². The van der Waals surface area contributed by atoms with Gasteiger partial charge in [0.25, 0.3) is 0 Å². The van der Waals surface area contributed by atoms with Crippen molar-refractivity contribution >= 4 is 0 Å². The fraction of sp³-hybridized carbons (Fsp3) is 0.294. The third-order valence-electron chi connectivity index (χ3n) is 4.03. The van der Waals surface area contributed by atoms with Gasteiger partial charge in [0.1, 0.15) is 29.8 Å². The molecule has 1 aliphatic heterocycles. The number of aliphatic hydroxyl groups is 2. The number of rotatable bonds is 3. The number of phenols is 2. The van der Waals surface area contributed by atoms with Crippen molar-refractivity contribution in [3.05, 3.63) is 47.5 Å². The van der Waals surface area contributed by atoms with Crippen LogP contribution in [0, 0.1) is 0 Å². The minimum atomic E-state index is -1.52. The fourth-order valence-corrected chi connectivity index (χ4v) is 2.78. The summed E-state index contributed by atoms with van der Waals surface area (Å²) in [7, 11) is 1.44. The summed E-state index contributed by atoms with van der Waals surface area (Å²) in [5.41, 5.74) is -0.416. The lowest BCUT2D eigenvalue weighted by molar-refractivity contribution is -0.114. The summed E-state index contributed by atoms with van der Waals surface area (Å²) in [5.74, 6) is 0.683. The van der Waals surface area contributed by atoms with Crippen LogP contribution in [0.1, 0.15) is 17.2 Å². The lowest BCUT2D eigenvalue weighted by Gasteiger charge is -2.38. The van der Waals surface area contributed by atoms with Gasteiger partial charge in [-0.15, -0.1) is 0 Å². The zero-order valence-corrected chi connectivity index (χ0v) is 12.6. The first-order chi connectivity index (χ1) is 10.9. The number of aliphatic hydroxyl groups excluding tert-OH is 1. The van der Waals surface area contributed by atoms with Gasteiger partial charge in [-0.05, 0) is 29.8 Å². The van der Waals surface area contributed by atoms with Gasteiger partial charge >= 0.3 is 0 Å². The molecule has 0 radical (unpaired) electrons. The monoisotopic (exact) mass is 318 g/mol.